The molecular weight excluding hydrogens is 376 g/mol. The molecule has 2 atom stereocenters. The summed E-state index contributed by atoms with van der Waals surface area (Å²) in [6, 6.07) is 19.7. The third kappa shape index (κ3) is 4.32. The Morgan fingerprint density at radius 2 is 1.85 bits per heavy atom. The predicted octanol–water partition coefficient (Wildman–Crippen LogP) is 5.77. The van der Waals surface area contributed by atoms with Gasteiger partial charge in [0.05, 0.1) is 17.6 Å². The summed E-state index contributed by atoms with van der Waals surface area (Å²) >= 11 is 7.56. The molecule has 0 saturated heterocycles. The first kappa shape index (κ1) is 19.4. The van der Waals surface area contributed by atoms with E-state index < -0.39 is 5.92 Å². The van der Waals surface area contributed by atoms with Crippen LogP contribution < -0.4 is 0 Å². The Kier molecular flexibility index (Phi) is 6.15. The molecule has 0 N–H and O–H groups in total. The number of carbonyl (C=O) groups is 1. The number of carbonyl (C=O) groups excluding carboxylic acids is 1. The second-order valence-corrected chi connectivity index (χ2v) is 7.88. The summed E-state index contributed by atoms with van der Waals surface area (Å²) in [5.41, 5.74) is 3.36. The number of rotatable bonds is 5. The molecule has 0 spiro atoms. The lowest BCUT2D eigenvalue weighted by Crippen LogP contribution is -2.31. The van der Waals surface area contributed by atoms with Crippen LogP contribution in [0.3, 0.4) is 0 Å². The molecule has 2 aromatic carbocycles. The van der Waals surface area contributed by atoms with Gasteiger partial charge in [0.1, 0.15) is 10.8 Å². The molecule has 0 fully saturated rings. The van der Waals surface area contributed by atoms with Gasteiger partial charge < -0.3 is 0 Å². The third-order valence-electron chi connectivity index (χ3n) is 4.61. The Morgan fingerprint density at radius 3 is 2.44 bits per heavy atom. The van der Waals surface area contributed by atoms with Crippen molar-refractivity contribution in [2.24, 2.45) is 10.9 Å². The fourth-order valence-electron chi connectivity index (χ4n) is 3.34. The molecule has 3 rings (SSSR count). The van der Waals surface area contributed by atoms with Crippen molar-refractivity contribution in [2.45, 2.75) is 25.5 Å². The number of halogens is 1. The highest BCUT2D eigenvalue weighted by Crippen LogP contribution is 2.42. The molecule has 0 aromatic heterocycles. The topological polar surface area (TPSA) is 53.2 Å². The van der Waals surface area contributed by atoms with Gasteiger partial charge >= 0.3 is 0 Å². The van der Waals surface area contributed by atoms with Crippen molar-refractivity contribution in [3.05, 3.63) is 81.3 Å². The highest BCUT2D eigenvalue weighted by molar-refractivity contribution is 8.02. The van der Waals surface area contributed by atoms with E-state index in [1.807, 2.05) is 49.4 Å². The minimum atomic E-state index is -0.429. The summed E-state index contributed by atoms with van der Waals surface area (Å²) in [6.45, 7) is 3.43. The van der Waals surface area contributed by atoms with Crippen molar-refractivity contribution in [1.82, 2.24) is 0 Å². The first-order chi connectivity index (χ1) is 13.0. The molecule has 1 aliphatic heterocycles. The second kappa shape index (κ2) is 8.56. The van der Waals surface area contributed by atoms with Crippen LogP contribution in [0.2, 0.25) is 5.02 Å². The van der Waals surface area contributed by atoms with Gasteiger partial charge in [0.25, 0.3) is 0 Å². The van der Waals surface area contributed by atoms with Gasteiger partial charge in [-0.25, -0.2) is 4.99 Å². The van der Waals surface area contributed by atoms with Gasteiger partial charge in [-0.05, 0) is 37.1 Å². The van der Waals surface area contributed by atoms with E-state index in [4.69, 9.17) is 11.6 Å². The van der Waals surface area contributed by atoms with E-state index in [1.54, 1.807) is 19.1 Å². The van der Waals surface area contributed by atoms with E-state index in [0.717, 1.165) is 22.6 Å². The van der Waals surface area contributed by atoms with Gasteiger partial charge in [-0.2, -0.15) is 5.26 Å². The van der Waals surface area contributed by atoms with Crippen LogP contribution in [-0.2, 0) is 10.5 Å². The van der Waals surface area contributed by atoms with Crippen molar-refractivity contribution in [1.29, 1.82) is 5.26 Å². The molecule has 3 nitrogen and oxygen atoms in total. The number of nitriles is 1. The summed E-state index contributed by atoms with van der Waals surface area (Å²) in [6.07, 6.45) is 0. The zero-order valence-electron chi connectivity index (χ0n) is 15.1. The van der Waals surface area contributed by atoms with Crippen molar-refractivity contribution >= 4 is 34.9 Å². The SMILES string of the molecule is CC(=O)C1C(C)=NC(SCc2ccccc2)=C(C#N)[C@H]1c1ccc(Cl)cc1. The molecule has 1 unspecified atom stereocenters. The Labute approximate surface area is 168 Å². The molecule has 0 bridgehead atoms. The zero-order chi connectivity index (χ0) is 19.4. The molecule has 136 valence electrons. The maximum absolute atomic E-state index is 12.4. The molecule has 0 saturated carbocycles. The average molecular weight is 395 g/mol. The summed E-state index contributed by atoms with van der Waals surface area (Å²) in [5, 5.41) is 11.2. The standard InChI is InChI=1S/C22H19ClN2OS/c1-14-20(15(2)26)21(17-8-10-18(23)11-9-17)19(12-24)22(25-14)27-13-16-6-4-3-5-7-16/h3-11,20-21H,13H2,1-2H3/t20?,21-/m1/s1. The Hall–Kier alpha value is -2.35. The third-order valence-corrected chi connectivity index (χ3v) is 5.92. The van der Waals surface area contributed by atoms with Crippen LogP contribution in [0.5, 0.6) is 0 Å². The lowest BCUT2D eigenvalue weighted by Gasteiger charge is -2.30. The molecule has 2 aromatic rings. The Balaban J connectivity index is 2.02. The minimum Gasteiger partial charge on any atom is -0.299 e. The van der Waals surface area contributed by atoms with Crippen LogP contribution in [0.1, 0.15) is 30.9 Å². The number of aliphatic imine (C=N–C) groups is 1. The van der Waals surface area contributed by atoms with Crippen LogP contribution >= 0.6 is 23.4 Å². The monoisotopic (exact) mass is 394 g/mol. The molecular formula is C22H19ClN2OS. The summed E-state index contributed by atoms with van der Waals surface area (Å²) in [4.78, 5) is 17.0. The van der Waals surface area contributed by atoms with E-state index in [2.05, 4.69) is 11.1 Å². The zero-order valence-corrected chi connectivity index (χ0v) is 16.7. The maximum atomic E-state index is 12.4. The molecule has 1 heterocycles. The highest BCUT2D eigenvalue weighted by atomic mass is 35.5. The van der Waals surface area contributed by atoms with Gasteiger partial charge in [0.2, 0.25) is 0 Å². The Bertz CT molecular complexity index is 943. The van der Waals surface area contributed by atoms with Crippen LogP contribution in [0.25, 0.3) is 0 Å². The van der Waals surface area contributed by atoms with Crippen molar-refractivity contribution in [3.63, 3.8) is 0 Å². The van der Waals surface area contributed by atoms with Crippen LogP contribution in [0.15, 0.2) is 70.2 Å². The fraction of sp³-hybridized carbons (Fsp3) is 0.227. The Morgan fingerprint density at radius 1 is 1.19 bits per heavy atom. The van der Waals surface area contributed by atoms with Crippen LogP contribution in [0.4, 0.5) is 0 Å². The van der Waals surface area contributed by atoms with E-state index in [-0.39, 0.29) is 11.7 Å². The first-order valence-corrected chi connectivity index (χ1v) is 9.99. The molecule has 27 heavy (non-hydrogen) atoms. The van der Waals surface area contributed by atoms with Crippen molar-refractivity contribution < 1.29 is 4.79 Å². The van der Waals surface area contributed by atoms with Crippen molar-refractivity contribution in [2.75, 3.05) is 0 Å². The van der Waals surface area contributed by atoms with Gasteiger partial charge in [0.15, 0.2) is 0 Å². The quantitative estimate of drug-likeness (QED) is 0.646. The lowest BCUT2D eigenvalue weighted by atomic mass is 9.75. The van der Waals surface area contributed by atoms with Crippen LogP contribution in [-0.4, -0.2) is 11.5 Å². The normalized spacial score (nSPS) is 19.4. The largest absolute Gasteiger partial charge is 0.299 e. The number of hydrogen-bond acceptors (Lipinski definition) is 4. The minimum absolute atomic E-state index is 0.0102. The van der Waals surface area contributed by atoms with Gasteiger partial charge in [-0.3, -0.25) is 4.79 Å². The summed E-state index contributed by atoms with van der Waals surface area (Å²) in [5.74, 6) is -0.0329. The number of allylic oxidation sites excluding steroid dienone is 1. The van der Waals surface area contributed by atoms with Crippen molar-refractivity contribution in [3.8, 4) is 6.07 Å². The van der Waals surface area contributed by atoms with E-state index in [9.17, 15) is 10.1 Å². The molecule has 0 aliphatic carbocycles. The lowest BCUT2D eigenvalue weighted by molar-refractivity contribution is -0.119. The molecule has 1 aliphatic rings. The molecule has 0 radical (unpaired) electrons. The summed E-state index contributed by atoms with van der Waals surface area (Å²) in [7, 11) is 0. The number of nitrogens with zero attached hydrogens (tertiary/aromatic N) is 2. The number of hydrogen-bond donors (Lipinski definition) is 0. The van der Waals surface area contributed by atoms with E-state index in [1.165, 1.54) is 11.8 Å². The van der Waals surface area contributed by atoms with Crippen LogP contribution in [0, 0.1) is 17.2 Å². The van der Waals surface area contributed by atoms with Gasteiger partial charge in [-0.1, -0.05) is 54.1 Å². The molecule has 0 amide bonds. The van der Waals surface area contributed by atoms with Gasteiger partial charge in [-0.15, -0.1) is 11.8 Å². The van der Waals surface area contributed by atoms with E-state index in [0.29, 0.717) is 15.6 Å². The van der Waals surface area contributed by atoms with E-state index >= 15 is 0 Å². The predicted molar refractivity (Wildman–Crippen MR) is 112 cm³/mol. The second-order valence-electron chi connectivity index (χ2n) is 6.48. The number of thioether (sulfide) groups is 1. The number of benzene rings is 2. The maximum Gasteiger partial charge on any atom is 0.139 e. The average Bonchev–Trinajstić information content (AvgIpc) is 2.67. The first-order valence-electron chi connectivity index (χ1n) is 8.63. The number of Topliss-reactive ketones (excluding diaryl/α,β-unsaturated/α-hetero) is 1. The highest BCUT2D eigenvalue weighted by Gasteiger charge is 2.37. The molecule has 5 heteroatoms. The number of ketones is 1. The summed E-state index contributed by atoms with van der Waals surface area (Å²) < 4.78 is 0. The fourth-order valence-corrected chi connectivity index (χ4v) is 4.50. The van der Waals surface area contributed by atoms with Gasteiger partial charge in [0, 0.05) is 22.4 Å². The smallest absolute Gasteiger partial charge is 0.139 e.